The molecule has 37 heavy (non-hydrogen) atoms. The van der Waals surface area contributed by atoms with E-state index in [1.54, 1.807) is 12.1 Å². The van der Waals surface area contributed by atoms with Crippen LogP contribution in [0.25, 0.3) is 0 Å². The van der Waals surface area contributed by atoms with Crippen molar-refractivity contribution in [2.45, 2.75) is 61.9 Å². The number of aromatic hydroxyl groups is 1. The van der Waals surface area contributed by atoms with Gasteiger partial charge in [0.1, 0.15) is 5.76 Å². The van der Waals surface area contributed by atoms with Crippen LogP contribution in [0.4, 0.5) is 0 Å². The number of likely N-dealkylation sites (N-methyl/N-ethyl adjacent to an activating group) is 1. The van der Waals surface area contributed by atoms with Gasteiger partial charge >= 0.3 is 23.9 Å². The van der Waals surface area contributed by atoms with Crippen molar-refractivity contribution in [1.29, 1.82) is 0 Å². The summed E-state index contributed by atoms with van der Waals surface area (Å²) in [5.74, 6) is -4.15. The van der Waals surface area contributed by atoms with Crippen molar-refractivity contribution in [2.75, 3.05) is 20.2 Å². The summed E-state index contributed by atoms with van der Waals surface area (Å²) in [4.78, 5) is 49.3. The maximum Gasteiger partial charge on any atom is 0.348 e. The van der Waals surface area contributed by atoms with Crippen LogP contribution in [-0.4, -0.2) is 88.1 Å². The highest BCUT2D eigenvalue weighted by Gasteiger charge is 2.72. The Kier molecular flexibility index (Phi) is 5.91. The van der Waals surface area contributed by atoms with E-state index in [2.05, 4.69) is 9.64 Å². The molecule has 198 valence electrons. The smallest absolute Gasteiger partial charge is 0.348 e. The molecule has 5 atom stereocenters. The van der Waals surface area contributed by atoms with Gasteiger partial charge in [0.2, 0.25) is 6.10 Å². The predicted molar refractivity (Wildman–Crippen MR) is 121 cm³/mol. The first-order valence-corrected chi connectivity index (χ1v) is 11.9. The number of carboxylic acid groups (broad SMARTS) is 1. The van der Waals surface area contributed by atoms with Gasteiger partial charge in [0.25, 0.3) is 0 Å². The molecule has 0 unspecified atom stereocenters. The molecule has 0 amide bonds. The Hall–Kier alpha value is -3.64. The number of phenols is 1. The van der Waals surface area contributed by atoms with Gasteiger partial charge in [-0.3, -0.25) is 9.59 Å². The Morgan fingerprint density at radius 1 is 1.27 bits per heavy atom. The first kappa shape index (κ1) is 25.0. The minimum atomic E-state index is -1.71. The number of aliphatic hydroxyl groups is 1. The van der Waals surface area contributed by atoms with E-state index < -0.39 is 60.1 Å². The van der Waals surface area contributed by atoms with E-state index in [0.717, 1.165) is 18.1 Å². The van der Waals surface area contributed by atoms with Gasteiger partial charge in [0.05, 0.1) is 17.4 Å². The highest BCUT2D eigenvalue weighted by molar-refractivity contribution is 5.85. The first-order valence-electron chi connectivity index (χ1n) is 11.9. The van der Waals surface area contributed by atoms with Crippen LogP contribution in [0, 0.1) is 0 Å². The first-order chi connectivity index (χ1) is 17.5. The van der Waals surface area contributed by atoms with Crippen LogP contribution in [0.5, 0.6) is 11.5 Å². The Balaban J connectivity index is 1.43. The number of benzene rings is 1. The number of hydrogen-bond acceptors (Lipinski definition) is 11. The van der Waals surface area contributed by atoms with Gasteiger partial charge in [-0.15, -0.1) is 0 Å². The van der Waals surface area contributed by atoms with Crippen LogP contribution in [-0.2, 0) is 45.2 Å². The molecular formula is C25H27NO11. The second-order valence-corrected chi connectivity index (χ2v) is 9.88. The van der Waals surface area contributed by atoms with Crippen molar-refractivity contribution >= 4 is 23.9 Å². The minimum Gasteiger partial charge on any atom is -0.504 e. The lowest BCUT2D eigenvalue weighted by Crippen LogP contribution is -2.74. The third-order valence-corrected chi connectivity index (χ3v) is 7.85. The Morgan fingerprint density at radius 3 is 2.73 bits per heavy atom. The van der Waals surface area contributed by atoms with Gasteiger partial charge < -0.3 is 39.2 Å². The molecule has 1 aromatic rings. The standard InChI is InChI=1S/C25H27NO11/c1-12(27)35-16(23(32)34-11-18(29)30)10-19(31)36-15-5-6-25(33)17-9-13-3-4-14(28)21-20(13)24(25,22(15)37-21)7-8-26(17)2/h3-5,16-17,22,28,33H,6-11H2,1-2H3,(H,29,30)/t16-,17+,22-,24-,25+/m0/s1. The van der Waals surface area contributed by atoms with E-state index in [1.165, 1.54) is 0 Å². The zero-order chi connectivity index (χ0) is 26.7. The molecule has 12 nitrogen and oxygen atoms in total. The summed E-state index contributed by atoms with van der Waals surface area (Å²) < 4.78 is 21.2. The maximum atomic E-state index is 12.9. The number of carbonyl (C=O) groups is 4. The number of aliphatic carboxylic acids is 1. The van der Waals surface area contributed by atoms with E-state index in [-0.39, 0.29) is 29.7 Å². The lowest BCUT2D eigenvalue weighted by molar-refractivity contribution is -0.175. The molecule has 1 spiro atoms. The molecule has 12 heteroatoms. The molecule has 0 aromatic heterocycles. The van der Waals surface area contributed by atoms with Crippen molar-refractivity contribution in [3.05, 3.63) is 35.1 Å². The van der Waals surface area contributed by atoms with E-state index in [0.29, 0.717) is 19.4 Å². The number of ether oxygens (including phenoxy) is 4. The van der Waals surface area contributed by atoms with Crippen molar-refractivity contribution < 1.29 is 53.4 Å². The molecule has 2 aliphatic carbocycles. The van der Waals surface area contributed by atoms with Crippen LogP contribution >= 0.6 is 0 Å². The number of esters is 3. The molecule has 1 aromatic carbocycles. The summed E-state index contributed by atoms with van der Waals surface area (Å²) in [7, 11) is 1.95. The molecule has 3 N–H and O–H groups in total. The molecule has 0 radical (unpaired) electrons. The molecule has 4 aliphatic rings. The average Bonchev–Trinajstić information content (AvgIpc) is 3.18. The summed E-state index contributed by atoms with van der Waals surface area (Å²) in [5.41, 5.74) is -0.541. The van der Waals surface area contributed by atoms with E-state index in [4.69, 9.17) is 19.3 Å². The molecule has 5 rings (SSSR count). The second kappa shape index (κ2) is 8.73. The molecular weight excluding hydrogens is 490 g/mol. The zero-order valence-corrected chi connectivity index (χ0v) is 20.3. The van der Waals surface area contributed by atoms with Gasteiger partial charge in [0, 0.05) is 24.9 Å². The summed E-state index contributed by atoms with van der Waals surface area (Å²) in [5, 5.41) is 31.4. The Bertz CT molecular complexity index is 1230. The highest BCUT2D eigenvalue weighted by atomic mass is 16.6. The van der Waals surface area contributed by atoms with Crippen molar-refractivity contribution in [3.8, 4) is 11.5 Å². The van der Waals surface area contributed by atoms with Crippen LogP contribution in [0.15, 0.2) is 24.0 Å². The highest BCUT2D eigenvalue weighted by Crippen LogP contribution is 2.65. The maximum absolute atomic E-state index is 12.9. The molecule has 1 saturated heterocycles. The number of piperidine rings is 1. The number of carbonyl (C=O) groups excluding carboxylic acids is 3. The molecule has 2 bridgehead atoms. The van der Waals surface area contributed by atoms with Crippen molar-refractivity contribution in [2.24, 2.45) is 0 Å². The van der Waals surface area contributed by atoms with E-state index in [1.807, 2.05) is 13.1 Å². The fraction of sp³-hybridized carbons (Fsp3) is 0.520. The molecule has 1 fully saturated rings. The summed E-state index contributed by atoms with van der Waals surface area (Å²) in [6, 6.07) is 3.15. The third kappa shape index (κ3) is 3.74. The topological polar surface area (TPSA) is 169 Å². The fourth-order valence-electron chi connectivity index (χ4n) is 6.36. The van der Waals surface area contributed by atoms with Gasteiger partial charge in [-0.2, -0.15) is 0 Å². The summed E-state index contributed by atoms with van der Waals surface area (Å²) in [6.07, 6.45) is -0.565. The monoisotopic (exact) mass is 517 g/mol. The van der Waals surface area contributed by atoms with Gasteiger partial charge in [-0.1, -0.05) is 6.07 Å². The molecule has 2 aliphatic heterocycles. The van der Waals surface area contributed by atoms with E-state index in [9.17, 15) is 29.4 Å². The number of hydrogen-bond donors (Lipinski definition) is 3. The number of phenolic OH excluding ortho intramolecular Hbond substituents is 1. The normalized spacial score (nSPS) is 29.8. The SMILES string of the molecule is CC(=O)O[C@@H](CC(=O)OC1=CC[C@@]2(O)[C@H]3Cc4ccc(O)c5c4[C@@]2(CCN3C)[C@H]1O5)C(=O)OCC(=O)O. The van der Waals surface area contributed by atoms with Crippen LogP contribution in [0.3, 0.4) is 0 Å². The fourth-order valence-corrected chi connectivity index (χ4v) is 6.36. The largest absolute Gasteiger partial charge is 0.504 e. The Morgan fingerprint density at radius 2 is 2.03 bits per heavy atom. The molecule has 0 saturated carbocycles. The van der Waals surface area contributed by atoms with Crippen LogP contribution in [0.1, 0.15) is 37.3 Å². The molecule has 2 heterocycles. The van der Waals surface area contributed by atoms with Gasteiger partial charge in [0.15, 0.2) is 24.2 Å². The van der Waals surface area contributed by atoms with Crippen LogP contribution < -0.4 is 4.74 Å². The van der Waals surface area contributed by atoms with Crippen molar-refractivity contribution in [1.82, 2.24) is 4.90 Å². The van der Waals surface area contributed by atoms with Crippen molar-refractivity contribution in [3.63, 3.8) is 0 Å². The van der Waals surface area contributed by atoms with E-state index >= 15 is 0 Å². The van der Waals surface area contributed by atoms with Crippen LogP contribution in [0.2, 0.25) is 0 Å². The predicted octanol–water partition coefficient (Wildman–Crippen LogP) is 0.163. The second-order valence-electron chi connectivity index (χ2n) is 9.88. The van der Waals surface area contributed by atoms with Gasteiger partial charge in [-0.05, 0) is 44.1 Å². The number of carboxylic acids is 1. The Labute approximate surface area is 211 Å². The third-order valence-electron chi connectivity index (χ3n) is 7.85. The lowest BCUT2D eigenvalue weighted by Gasteiger charge is -2.61. The summed E-state index contributed by atoms with van der Waals surface area (Å²) in [6.45, 7) is 0.708. The van der Waals surface area contributed by atoms with Gasteiger partial charge in [-0.25, -0.2) is 9.59 Å². The number of nitrogens with zero attached hydrogens (tertiary/aromatic N) is 1. The summed E-state index contributed by atoms with van der Waals surface area (Å²) >= 11 is 0. The number of rotatable bonds is 7. The lowest BCUT2D eigenvalue weighted by atomic mass is 9.50. The average molecular weight is 517 g/mol. The number of likely N-dealkylation sites (tertiary alicyclic amines) is 1. The minimum absolute atomic E-state index is 0.0796. The zero-order valence-electron chi connectivity index (χ0n) is 20.3. The quantitative estimate of drug-likeness (QED) is 0.331.